The van der Waals surface area contributed by atoms with Crippen molar-refractivity contribution in [2.24, 2.45) is 0 Å². The predicted octanol–water partition coefficient (Wildman–Crippen LogP) is 10.8. The molecule has 4 aromatic carbocycles. The first kappa shape index (κ1) is 42.4. The summed E-state index contributed by atoms with van der Waals surface area (Å²) < 4.78 is 37.7. The van der Waals surface area contributed by atoms with Crippen molar-refractivity contribution in [2.75, 3.05) is 0 Å². The lowest BCUT2D eigenvalue weighted by atomic mass is 9.83. The van der Waals surface area contributed by atoms with Gasteiger partial charge >= 0.3 is 13.1 Å². The summed E-state index contributed by atoms with van der Waals surface area (Å²) >= 11 is 0. The smallest absolute Gasteiger partial charge is 0.461 e. The minimum Gasteiger partial charge on any atom is -0.488 e. The van der Waals surface area contributed by atoms with Crippen LogP contribution in [0.15, 0.2) is 139 Å². The number of Topliss-reactive ketones (excluding diaryl/α,β-unsaturated/α-hetero) is 1. The van der Waals surface area contributed by atoms with Crippen molar-refractivity contribution in [3.05, 3.63) is 167 Å². The zero-order chi connectivity index (χ0) is 41.0. The lowest BCUT2D eigenvalue weighted by Gasteiger charge is -2.32. The largest absolute Gasteiger partial charge is 0.488 e. The molecule has 0 radical (unpaired) electrons. The van der Waals surface area contributed by atoms with E-state index in [1.54, 1.807) is 18.2 Å². The van der Waals surface area contributed by atoms with Gasteiger partial charge in [-0.25, -0.2) is 4.79 Å². The van der Waals surface area contributed by atoms with E-state index in [-0.39, 0.29) is 55.6 Å². The zero-order valence-electron chi connectivity index (χ0n) is 34.2. The second-order valence-electron chi connectivity index (χ2n) is 15.9. The minimum atomic E-state index is -0.598. The second-order valence-corrected chi connectivity index (χ2v) is 15.9. The summed E-state index contributed by atoms with van der Waals surface area (Å²) in [6, 6.07) is 32.8. The molecule has 1 saturated heterocycles. The van der Waals surface area contributed by atoms with E-state index in [0.717, 1.165) is 47.9 Å². The molecule has 0 bridgehead atoms. The Labute approximate surface area is 344 Å². The van der Waals surface area contributed by atoms with Gasteiger partial charge in [-0.2, -0.15) is 0 Å². The molecular weight excluding hydrogens is 727 g/mol. The van der Waals surface area contributed by atoms with Crippen molar-refractivity contribution in [2.45, 2.75) is 110 Å². The van der Waals surface area contributed by atoms with E-state index < -0.39 is 24.3 Å². The van der Waals surface area contributed by atoms with Gasteiger partial charge in [0.25, 0.3) is 0 Å². The van der Waals surface area contributed by atoms with Crippen LogP contribution in [0.4, 0.5) is 0 Å². The van der Waals surface area contributed by atoms with Crippen LogP contribution in [0.5, 0.6) is 11.5 Å². The van der Waals surface area contributed by atoms with Crippen LogP contribution in [0.1, 0.15) is 92.4 Å². The van der Waals surface area contributed by atoms with E-state index in [2.05, 4.69) is 6.58 Å². The molecule has 58 heavy (non-hydrogen) atoms. The number of hydrogen-bond acceptors (Lipinski definition) is 8. The van der Waals surface area contributed by atoms with Crippen molar-refractivity contribution < 1.29 is 37.8 Å². The maximum Gasteiger partial charge on any atom is 0.461 e. The van der Waals surface area contributed by atoms with Crippen molar-refractivity contribution in [3.8, 4) is 11.5 Å². The summed E-state index contributed by atoms with van der Waals surface area (Å²) in [7, 11) is -0.598. The van der Waals surface area contributed by atoms with E-state index in [4.69, 9.17) is 28.3 Å². The highest BCUT2D eigenvalue weighted by Gasteiger charge is 2.50. The van der Waals surface area contributed by atoms with Crippen LogP contribution in [-0.4, -0.2) is 36.2 Å². The second kappa shape index (κ2) is 20.0. The molecule has 0 unspecified atom stereocenters. The molecular formula is C49H55BO8. The monoisotopic (exact) mass is 782 g/mol. The molecule has 2 fully saturated rings. The van der Waals surface area contributed by atoms with E-state index in [1.165, 1.54) is 0 Å². The van der Waals surface area contributed by atoms with E-state index >= 15 is 4.79 Å². The Bertz CT molecular complexity index is 1970. The Hall–Kier alpha value is -5.22. The predicted molar refractivity (Wildman–Crippen MR) is 227 cm³/mol. The number of ketones is 1. The van der Waals surface area contributed by atoms with Crippen molar-refractivity contribution >= 4 is 18.9 Å². The highest BCUT2D eigenvalue weighted by molar-refractivity contribution is 6.46. The van der Waals surface area contributed by atoms with Gasteiger partial charge in [0.2, 0.25) is 0 Å². The van der Waals surface area contributed by atoms with Gasteiger partial charge in [0.05, 0.1) is 23.9 Å². The number of allylic oxidation sites excluding steroid dienone is 4. The molecule has 9 heteroatoms. The van der Waals surface area contributed by atoms with Crippen LogP contribution in [0.2, 0.25) is 6.32 Å². The molecule has 302 valence electrons. The number of carbonyl (C=O) groups is 2. The summed E-state index contributed by atoms with van der Waals surface area (Å²) in [4.78, 5) is 29.1. The van der Waals surface area contributed by atoms with Gasteiger partial charge in [-0.1, -0.05) is 129 Å². The fourth-order valence-corrected chi connectivity index (χ4v) is 6.98. The van der Waals surface area contributed by atoms with Gasteiger partial charge in [-0.05, 0) is 74.9 Å². The van der Waals surface area contributed by atoms with Crippen LogP contribution < -0.4 is 9.47 Å². The summed E-state index contributed by atoms with van der Waals surface area (Å²) in [5.74, 6) is -0.210. The number of esters is 1. The maximum absolute atomic E-state index is 15.1. The first-order chi connectivity index (χ1) is 28.0. The zero-order valence-corrected chi connectivity index (χ0v) is 34.2. The molecule has 6 rings (SSSR count). The third-order valence-electron chi connectivity index (χ3n) is 10.9. The molecule has 4 aromatic rings. The lowest BCUT2D eigenvalue weighted by molar-refractivity contribution is -0.140. The lowest BCUT2D eigenvalue weighted by Crippen LogP contribution is -2.41. The average molecular weight is 783 g/mol. The first-order valence-corrected chi connectivity index (χ1v) is 20.3. The summed E-state index contributed by atoms with van der Waals surface area (Å²) in [6.45, 7) is 12.7. The molecule has 8 nitrogen and oxygen atoms in total. The number of benzene rings is 4. The van der Waals surface area contributed by atoms with E-state index in [9.17, 15) is 4.79 Å². The molecule has 1 saturated carbocycles. The quantitative estimate of drug-likeness (QED) is 0.0305. The van der Waals surface area contributed by atoms with Gasteiger partial charge in [0, 0.05) is 23.9 Å². The Morgan fingerprint density at radius 3 is 1.71 bits per heavy atom. The van der Waals surface area contributed by atoms with E-state index in [1.807, 2.05) is 131 Å². The van der Waals surface area contributed by atoms with Gasteiger partial charge in [0.15, 0.2) is 5.78 Å². The fourth-order valence-electron chi connectivity index (χ4n) is 6.98. The molecule has 0 aromatic heterocycles. The topological polar surface area (TPSA) is 89.5 Å². The number of hydrogen-bond donors (Lipinski definition) is 0. The molecule has 2 aliphatic rings. The molecule has 1 aliphatic carbocycles. The van der Waals surface area contributed by atoms with Crippen molar-refractivity contribution in [3.63, 3.8) is 0 Å². The highest BCUT2D eigenvalue weighted by Crippen LogP contribution is 2.39. The summed E-state index contributed by atoms with van der Waals surface area (Å²) in [5, 5.41) is 0. The number of rotatable bonds is 19. The Balaban J connectivity index is 1.36. The fraction of sp³-hybridized carbons (Fsp3) is 0.347. The Morgan fingerprint density at radius 1 is 0.707 bits per heavy atom. The van der Waals surface area contributed by atoms with Gasteiger partial charge in [0.1, 0.15) is 36.9 Å². The van der Waals surface area contributed by atoms with Crippen LogP contribution in [-0.2, 0) is 50.0 Å². The molecule has 0 N–H and O–H groups in total. The van der Waals surface area contributed by atoms with Crippen LogP contribution in [0.25, 0.3) is 0 Å². The summed E-state index contributed by atoms with van der Waals surface area (Å²) in [5.41, 5.74) is 3.28. The molecule has 0 amide bonds. The third-order valence-corrected chi connectivity index (χ3v) is 10.9. The standard InChI is InChI=1S/C49H55BO8/c1-6-18-40(31-41(47(52)56-34-38-23-14-9-15-24-38)27-28-50-57-48(2,3)49(4,5)58-50)46(51)45-43(54-32-36-19-10-7-11-20-36)29-39(35-53-42-25-16-17-26-42)30-44(45)55-33-37-21-12-8-13-22-37/h6-15,18-24,27,29-30,42H,1,16-17,25-26,28,31-35H2,2-5H3/b40-18+,41-27+. The van der Waals surface area contributed by atoms with Crippen LogP contribution in [0.3, 0.4) is 0 Å². The average Bonchev–Trinajstić information content (AvgIpc) is 3.83. The SMILES string of the molecule is C=C/C=C(\C/C(=C\CB1OC(C)(C)C(C)(C)O1)C(=O)OCc1ccccc1)C(=O)c1c(OCc2ccccc2)cc(COC2CCCC2)cc1OCc1ccccc1. The number of ether oxygens (including phenoxy) is 4. The van der Waals surface area contributed by atoms with Crippen LogP contribution >= 0.6 is 0 Å². The van der Waals surface area contributed by atoms with Gasteiger partial charge < -0.3 is 28.3 Å². The molecule has 1 aliphatic heterocycles. The Kier molecular flexibility index (Phi) is 14.6. The third kappa shape index (κ3) is 11.5. The minimum absolute atomic E-state index is 0.0548. The molecule has 1 heterocycles. The number of carbonyl (C=O) groups excluding carboxylic acids is 2. The van der Waals surface area contributed by atoms with Gasteiger partial charge in [-0.15, -0.1) is 0 Å². The Morgan fingerprint density at radius 2 is 1.21 bits per heavy atom. The normalized spacial score (nSPS) is 16.6. The van der Waals surface area contributed by atoms with Crippen LogP contribution in [0, 0.1) is 0 Å². The van der Waals surface area contributed by atoms with E-state index in [0.29, 0.717) is 23.7 Å². The van der Waals surface area contributed by atoms with Gasteiger partial charge in [-0.3, -0.25) is 4.79 Å². The highest BCUT2D eigenvalue weighted by atomic mass is 16.7. The van der Waals surface area contributed by atoms with Crippen molar-refractivity contribution in [1.82, 2.24) is 0 Å². The molecule has 0 atom stereocenters. The summed E-state index contributed by atoms with van der Waals surface area (Å²) in [6.07, 6.45) is 9.70. The molecule has 0 spiro atoms. The first-order valence-electron chi connectivity index (χ1n) is 20.3. The van der Waals surface area contributed by atoms with Crippen molar-refractivity contribution in [1.29, 1.82) is 0 Å². The maximum atomic E-state index is 15.1.